The van der Waals surface area contributed by atoms with Crippen molar-refractivity contribution in [3.8, 4) is 5.75 Å². The lowest BCUT2D eigenvalue weighted by atomic mass is 10.1. The fourth-order valence-corrected chi connectivity index (χ4v) is 3.60. The Morgan fingerprint density at radius 1 is 1.19 bits per heavy atom. The standard InChI is InChI=1S/C21H21FN2O2S/c1-3-12-26-18-7-5-4-6-17(18)24-21(25)20-14(2)23-19(27-20)13-15-8-10-16(22)11-9-15/h4-11H,3,12-13H2,1-2H3,(H,24,25). The fourth-order valence-electron chi connectivity index (χ4n) is 2.60. The van der Waals surface area contributed by atoms with Crippen LogP contribution in [0.5, 0.6) is 5.75 Å². The largest absolute Gasteiger partial charge is 0.491 e. The first-order valence-electron chi connectivity index (χ1n) is 8.80. The summed E-state index contributed by atoms with van der Waals surface area (Å²) in [5.74, 6) is 0.183. The number of halogens is 1. The van der Waals surface area contributed by atoms with Crippen LogP contribution in [0.2, 0.25) is 0 Å². The average molecular weight is 384 g/mol. The monoisotopic (exact) mass is 384 g/mol. The van der Waals surface area contributed by atoms with Crippen molar-refractivity contribution in [2.75, 3.05) is 11.9 Å². The van der Waals surface area contributed by atoms with Crippen LogP contribution in [0.1, 0.15) is 39.3 Å². The molecular weight excluding hydrogens is 363 g/mol. The molecule has 4 nitrogen and oxygen atoms in total. The number of nitrogens with one attached hydrogen (secondary N) is 1. The van der Waals surface area contributed by atoms with E-state index in [1.807, 2.05) is 38.1 Å². The minimum Gasteiger partial charge on any atom is -0.491 e. The summed E-state index contributed by atoms with van der Waals surface area (Å²) in [5.41, 5.74) is 2.28. The van der Waals surface area contributed by atoms with Gasteiger partial charge in [-0.3, -0.25) is 4.79 Å². The number of amides is 1. The van der Waals surface area contributed by atoms with Crippen LogP contribution in [0.4, 0.5) is 10.1 Å². The Labute approximate surface area is 162 Å². The maximum Gasteiger partial charge on any atom is 0.267 e. The second-order valence-electron chi connectivity index (χ2n) is 6.12. The molecule has 0 aliphatic rings. The summed E-state index contributed by atoms with van der Waals surface area (Å²) in [6, 6.07) is 13.7. The number of aryl methyl sites for hydroxylation is 1. The molecule has 140 valence electrons. The van der Waals surface area contributed by atoms with Gasteiger partial charge in [-0.05, 0) is 43.2 Å². The van der Waals surface area contributed by atoms with Crippen LogP contribution in [-0.2, 0) is 6.42 Å². The molecule has 0 saturated carbocycles. The molecule has 0 unspecified atom stereocenters. The molecule has 6 heteroatoms. The van der Waals surface area contributed by atoms with E-state index in [4.69, 9.17) is 4.74 Å². The minimum atomic E-state index is -0.266. The first kappa shape index (κ1) is 19.0. The molecule has 1 aromatic heterocycles. The third-order valence-electron chi connectivity index (χ3n) is 3.91. The smallest absolute Gasteiger partial charge is 0.267 e. The SMILES string of the molecule is CCCOc1ccccc1NC(=O)c1sc(Cc2ccc(F)cc2)nc1C. The molecular formula is C21H21FN2O2S. The molecule has 1 heterocycles. The van der Waals surface area contributed by atoms with Crippen molar-refractivity contribution in [2.24, 2.45) is 0 Å². The number of hydrogen-bond donors (Lipinski definition) is 1. The van der Waals surface area contributed by atoms with Crippen molar-refractivity contribution in [2.45, 2.75) is 26.7 Å². The normalized spacial score (nSPS) is 10.6. The van der Waals surface area contributed by atoms with Crippen molar-refractivity contribution in [1.82, 2.24) is 4.98 Å². The van der Waals surface area contributed by atoms with Crippen molar-refractivity contribution >= 4 is 22.9 Å². The van der Waals surface area contributed by atoms with E-state index in [1.165, 1.54) is 23.5 Å². The van der Waals surface area contributed by atoms with Gasteiger partial charge in [0.15, 0.2) is 0 Å². The number of hydrogen-bond acceptors (Lipinski definition) is 4. The van der Waals surface area contributed by atoms with Gasteiger partial charge in [-0.2, -0.15) is 0 Å². The topological polar surface area (TPSA) is 51.2 Å². The lowest BCUT2D eigenvalue weighted by Gasteiger charge is -2.11. The molecule has 0 spiro atoms. The Kier molecular flexibility index (Phi) is 6.19. The third-order valence-corrected chi connectivity index (χ3v) is 5.07. The highest BCUT2D eigenvalue weighted by molar-refractivity contribution is 7.14. The highest BCUT2D eigenvalue weighted by Gasteiger charge is 2.17. The van der Waals surface area contributed by atoms with Gasteiger partial charge in [0.05, 0.1) is 23.0 Å². The zero-order valence-electron chi connectivity index (χ0n) is 15.3. The number of rotatable bonds is 7. The van der Waals surface area contributed by atoms with E-state index in [0.717, 1.165) is 17.0 Å². The summed E-state index contributed by atoms with van der Waals surface area (Å²) in [7, 11) is 0. The Hall–Kier alpha value is -2.73. The number of benzene rings is 2. The highest BCUT2D eigenvalue weighted by Crippen LogP contribution is 2.27. The predicted octanol–water partition coefficient (Wildman–Crippen LogP) is 5.22. The molecule has 0 aliphatic carbocycles. The third kappa shape index (κ3) is 4.92. The van der Waals surface area contributed by atoms with Gasteiger partial charge in [-0.15, -0.1) is 11.3 Å². The number of carbonyl (C=O) groups is 1. The van der Waals surface area contributed by atoms with E-state index >= 15 is 0 Å². The van der Waals surface area contributed by atoms with Crippen molar-refractivity contribution in [1.29, 1.82) is 0 Å². The lowest BCUT2D eigenvalue weighted by Crippen LogP contribution is -2.12. The van der Waals surface area contributed by atoms with Crippen LogP contribution >= 0.6 is 11.3 Å². The first-order chi connectivity index (χ1) is 13.1. The number of para-hydroxylation sites is 2. The van der Waals surface area contributed by atoms with Crippen LogP contribution in [0.15, 0.2) is 48.5 Å². The summed E-state index contributed by atoms with van der Waals surface area (Å²) < 4.78 is 18.7. The maximum absolute atomic E-state index is 13.0. The van der Waals surface area contributed by atoms with Crippen LogP contribution in [0.3, 0.4) is 0 Å². The van der Waals surface area contributed by atoms with Gasteiger partial charge in [0, 0.05) is 6.42 Å². The van der Waals surface area contributed by atoms with Crippen molar-refractivity contribution < 1.29 is 13.9 Å². The number of thiazole rings is 1. The molecule has 27 heavy (non-hydrogen) atoms. The van der Waals surface area contributed by atoms with Crippen LogP contribution in [-0.4, -0.2) is 17.5 Å². The number of nitrogens with zero attached hydrogens (tertiary/aromatic N) is 1. The molecule has 1 amide bonds. The molecule has 0 radical (unpaired) electrons. The molecule has 1 N–H and O–H groups in total. The van der Waals surface area contributed by atoms with E-state index in [9.17, 15) is 9.18 Å². The number of carbonyl (C=O) groups excluding carboxylic acids is 1. The summed E-state index contributed by atoms with van der Waals surface area (Å²) in [6.07, 6.45) is 1.46. The molecule has 0 saturated heterocycles. The van der Waals surface area contributed by atoms with E-state index in [-0.39, 0.29) is 11.7 Å². The van der Waals surface area contributed by atoms with E-state index in [2.05, 4.69) is 10.3 Å². The Morgan fingerprint density at radius 2 is 1.93 bits per heavy atom. The van der Waals surface area contributed by atoms with E-state index < -0.39 is 0 Å². The second-order valence-corrected chi connectivity index (χ2v) is 7.21. The van der Waals surface area contributed by atoms with Crippen LogP contribution in [0.25, 0.3) is 0 Å². The predicted molar refractivity (Wildman–Crippen MR) is 106 cm³/mol. The molecule has 3 rings (SSSR count). The van der Waals surface area contributed by atoms with Gasteiger partial charge >= 0.3 is 0 Å². The fraction of sp³-hybridized carbons (Fsp3) is 0.238. The Bertz CT molecular complexity index is 922. The van der Waals surface area contributed by atoms with Crippen LogP contribution < -0.4 is 10.1 Å². The second kappa shape index (κ2) is 8.77. The number of ether oxygens (including phenoxy) is 1. The zero-order chi connectivity index (χ0) is 19.2. The number of aromatic nitrogens is 1. The molecule has 0 bridgehead atoms. The molecule has 3 aromatic rings. The lowest BCUT2D eigenvalue weighted by molar-refractivity contribution is 0.102. The summed E-state index contributed by atoms with van der Waals surface area (Å²) in [4.78, 5) is 17.8. The molecule has 0 atom stereocenters. The zero-order valence-corrected chi connectivity index (χ0v) is 16.1. The summed E-state index contributed by atoms with van der Waals surface area (Å²) in [6.45, 7) is 4.44. The van der Waals surface area contributed by atoms with Gasteiger partial charge < -0.3 is 10.1 Å². The summed E-state index contributed by atoms with van der Waals surface area (Å²) >= 11 is 1.35. The van der Waals surface area contributed by atoms with Crippen molar-refractivity contribution in [3.05, 3.63) is 75.5 Å². The van der Waals surface area contributed by atoms with Gasteiger partial charge in [0.2, 0.25) is 0 Å². The quantitative estimate of drug-likeness (QED) is 0.607. The van der Waals surface area contributed by atoms with Gasteiger partial charge in [0.1, 0.15) is 16.4 Å². The van der Waals surface area contributed by atoms with Crippen LogP contribution in [0, 0.1) is 12.7 Å². The Morgan fingerprint density at radius 3 is 2.67 bits per heavy atom. The van der Waals surface area contributed by atoms with Gasteiger partial charge in [-0.1, -0.05) is 31.2 Å². The first-order valence-corrected chi connectivity index (χ1v) is 9.62. The van der Waals surface area contributed by atoms with Gasteiger partial charge in [-0.25, -0.2) is 9.37 Å². The molecule has 0 aliphatic heterocycles. The van der Waals surface area contributed by atoms with Crippen molar-refractivity contribution in [3.63, 3.8) is 0 Å². The van der Waals surface area contributed by atoms with E-state index in [0.29, 0.717) is 35.0 Å². The maximum atomic E-state index is 13.0. The molecule has 2 aromatic carbocycles. The highest BCUT2D eigenvalue weighted by atomic mass is 32.1. The van der Waals surface area contributed by atoms with Gasteiger partial charge in [0.25, 0.3) is 5.91 Å². The average Bonchev–Trinajstić information content (AvgIpc) is 3.03. The Balaban J connectivity index is 1.74. The van der Waals surface area contributed by atoms with E-state index in [1.54, 1.807) is 12.1 Å². The summed E-state index contributed by atoms with van der Waals surface area (Å²) in [5, 5.41) is 3.74. The molecule has 0 fully saturated rings. The number of anilines is 1. The minimum absolute atomic E-state index is 0.206.